The van der Waals surface area contributed by atoms with Crippen LogP contribution in [0.5, 0.6) is 0 Å². The number of nitrogens with one attached hydrogen (secondary N) is 2. The van der Waals surface area contributed by atoms with E-state index in [0.29, 0.717) is 42.7 Å². The molecular weight excluding hydrogens is 533 g/mol. The summed E-state index contributed by atoms with van der Waals surface area (Å²) in [6, 6.07) is 21.1. The topological polar surface area (TPSA) is 95.6 Å². The molecule has 0 saturated carbocycles. The van der Waals surface area contributed by atoms with Gasteiger partial charge in [0.1, 0.15) is 0 Å². The van der Waals surface area contributed by atoms with Crippen LogP contribution >= 0.6 is 23.2 Å². The number of hydrogen-bond donors (Lipinski definition) is 2. The summed E-state index contributed by atoms with van der Waals surface area (Å²) in [6.07, 6.45) is 1.07. The molecule has 3 aromatic carbocycles. The molecule has 0 aliphatic carbocycles. The molecule has 3 aromatic rings. The van der Waals surface area contributed by atoms with Gasteiger partial charge in [0.15, 0.2) is 0 Å². The third kappa shape index (κ3) is 6.90. The fourth-order valence-corrected chi connectivity index (χ4v) is 6.61. The molecule has 1 fully saturated rings. The number of piperidine rings is 1. The minimum absolute atomic E-state index is 0.0403. The average Bonchev–Trinajstić information content (AvgIpc) is 2.90. The maximum atomic E-state index is 13.2. The zero-order chi connectivity index (χ0) is 26.4. The molecule has 1 heterocycles. The largest absolute Gasteiger partial charge is 0.348 e. The molecule has 4 rings (SSSR count). The quantitative estimate of drug-likeness (QED) is 0.401. The van der Waals surface area contributed by atoms with Gasteiger partial charge in [0.05, 0.1) is 22.9 Å². The van der Waals surface area contributed by atoms with Crippen LogP contribution in [0, 0.1) is 5.92 Å². The van der Waals surface area contributed by atoms with Crippen LogP contribution < -0.4 is 10.6 Å². The van der Waals surface area contributed by atoms with Crippen molar-refractivity contribution in [3.05, 3.63) is 99.5 Å². The first-order valence-corrected chi connectivity index (χ1v) is 14.2. The van der Waals surface area contributed by atoms with E-state index in [2.05, 4.69) is 10.6 Å². The Kier molecular flexibility index (Phi) is 8.87. The zero-order valence-corrected chi connectivity index (χ0v) is 22.3. The lowest BCUT2D eigenvalue weighted by molar-refractivity contribution is -0.120. The third-order valence-corrected chi connectivity index (χ3v) is 8.74. The van der Waals surface area contributed by atoms with Gasteiger partial charge in [-0.3, -0.25) is 9.59 Å². The minimum Gasteiger partial charge on any atom is -0.348 e. The number of nitrogens with zero attached hydrogens (tertiary/aromatic N) is 1. The molecule has 0 aromatic heterocycles. The molecule has 0 spiro atoms. The molecule has 2 amide bonds. The molecule has 2 N–H and O–H groups in total. The lowest BCUT2D eigenvalue weighted by Crippen LogP contribution is -2.44. The highest BCUT2D eigenvalue weighted by Crippen LogP contribution is 2.29. The van der Waals surface area contributed by atoms with E-state index in [1.54, 1.807) is 42.5 Å². The molecular formula is C27H27Cl2N3O4S. The minimum atomic E-state index is -3.76. The second-order valence-corrected chi connectivity index (χ2v) is 11.6. The second kappa shape index (κ2) is 12.1. The Balaban J connectivity index is 1.42. The highest BCUT2D eigenvalue weighted by molar-refractivity contribution is 7.88. The first kappa shape index (κ1) is 27.1. The summed E-state index contributed by atoms with van der Waals surface area (Å²) in [5.41, 5.74) is 2.01. The number of benzene rings is 3. The number of halogens is 2. The summed E-state index contributed by atoms with van der Waals surface area (Å²) in [4.78, 5) is 26.0. The Morgan fingerprint density at radius 1 is 0.919 bits per heavy atom. The number of anilines is 1. The van der Waals surface area contributed by atoms with Crippen LogP contribution in [0.1, 0.15) is 34.3 Å². The van der Waals surface area contributed by atoms with E-state index in [0.717, 1.165) is 5.56 Å². The van der Waals surface area contributed by atoms with Gasteiger partial charge in [0.2, 0.25) is 15.9 Å². The van der Waals surface area contributed by atoms with Gasteiger partial charge >= 0.3 is 0 Å². The van der Waals surface area contributed by atoms with Crippen LogP contribution in [0.3, 0.4) is 0 Å². The van der Waals surface area contributed by atoms with E-state index >= 15 is 0 Å². The first-order chi connectivity index (χ1) is 17.7. The Morgan fingerprint density at radius 2 is 1.59 bits per heavy atom. The molecule has 1 aliphatic rings. The molecule has 10 heteroatoms. The lowest BCUT2D eigenvalue weighted by Gasteiger charge is -2.31. The molecule has 0 bridgehead atoms. The number of amides is 2. The summed E-state index contributed by atoms with van der Waals surface area (Å²) >= 11 is 12.4. The number of sulfonamides is 1. The van der Waals surface area contributed by atoms with E-state index in [1.165, 1.54) is 4.31 Å². The third-order valence-electron chi connectivity index (χ3n) is 6.26. The standard InChI is InChI=1S/C27H27Cl2N3O4S/c28-23-12-6-13-24(29)22(23)18-37(35,36)32-15-7-10-20(17-32)26(33)31-25-14-5-4-11-21(25)27(34)30-16-19-8-2-1-3-9-19/h1-6,8-9,11-14,20H,7,10,15-18H2,(H,30,34)(H,31,33). The smallest absolute Gasteiger partial charge is 0.253 e. The Hall–Kier alpha value is -2.91. The van der Waals surface area contributed by atoms with Gasteiger partial charge < -0.3 is 10.6 Å². The maximum absolute atomic E-state index is 13.2. The van der Waals surface area contributed by atoms with E-state index in [9.17, 15) is 18.0 Å². The normalized spacial score (nSPS) is 16.2. The lowest BCUT2D eigenvalue weighted by atomic mass is 9.98. The van der Waals surface area contributed by atoms with Crippen molar-refractivity contribution in [2.45, 2.75) is 25.1 Å². The highest BCUT2D eigenvalue weighted by Gasteiger charge is 2.33. The van der Waals surface area contributed by atoms with Crippen LogP contribution in [0.2, 0.25) is 10.0 Å². The number of rotatable bonds is 8. The van der Waals surface area contributed by atoms with E-state index < -0.39 is 15.9 Å². The van der Waals surface area contributed by atoms with Crippen molar-refractivity contribution in [1.82, 2.24) is 9.62 Å². The van der Waals surface area contributed by atoms with Gasteiger partial charge in [-0.15, -0.1) is 0 Å². The van der Waals surface area contributed by atoms with E-state index in [1.807, 2.05) is 30.3 Å². The number of hydrogen-bond acceptors (Lipinski definition) is 4. The summed E-state index contributed by atoms with van der Waals surface area (Å²) < 4.78 is 27.6. The molecule has 1 saturated heterocycles. The average molecular weight is 561 g/mol. The van der Waals surface area contributed by atoms with Crippen molar-refractivity contribution in [3.8, 4) is 0 Å². The number of carbonyl (C=O) groups excluding carboxylic acids is 2. The second-order valence-electron chi connectivity index (χ2n) is 8.86. The van der Waals surface area contributed by atoms with Crippen LogP contribution in [0.15, 0.2) is 72.8 Å². The summed E-state index contributed by atoms with van der Waals surface area (Å²) in [5, 5.41) is 6.27. The molecule has 1 aliphatic heterocycles. The maximum Gasteiger partial charge on any atom is 0.253 e. The zero-order valence-electron chi connectivity index (χ0n) is 20.0. The van der Waals surface area contributed by atoms with Gasteiger partial charge in [-0.25, -0.2) is 12.7 Å². The van der Waals surface area contributed by atoms with Crippen molar-refractivity contribution in [2.75, 3.05) is 18.4 Å². The van der Waals surface area contributed by atoms with E-state index in [-0.39, 0.29) is 34.2 Å². The summed E-state index contributed by atoms with van der Waals surface area (Å²) in [5.74, 6) is -1.56. The number of carbonyl (C=O) groups is 2. The van der Waals surface area contributed by atoms with Crippen molar-refractivity contribution in [2.24, 2.45) is 5.92 Å². The molecule has 0 radical (unpaired) electrons. The molecule has 1 unspecified atom stereocenters. The van der Waals surface area contributed by atoms with Crippen molar-refractivity contribution in [3.63, 3.8) is 0 Å². The summed E-state index contributed by atoms with van der Waals surface area (Å²) in [7, 11) is -3.76. The Bertz CT molecular complexity index is 1360. The first-order valence-electron chi connectivity index (χ1n) is 11.9. The van der Waals surface area contributed by atoms with Gasteiger partial charge in [-0.1, -0.05) is 71.7 Å². The molecule has 1 atom stereocenters. The monoisotopic (exact) mass is 559 g/mol. The SMILES string of the molecule is O=C(NCc1ccccc1)c1ccccc1NC(=O)C1CCCN(S(=O)(=O)Cc2c(Cl)cccc2Cl)C1. The fourth-order valence-electron chi connectivity index (χ4n) is 4.25. The van der Waals surface area contributed by atoms with Crippen LogP contribution in [0.25, 0.3) is 0 Å². The molecule has 194 valence electrons. The molecule has 7 nitrogen and oxygen atoms in total. The summed E-state index contributed by atoms with van der Waals surface area (Å²) in [6.45, 7) is 0.706. The highest BCUT2D eigenvalue weighted by atomic mass is 35.5. The number of para-hydroxylation sites is 1. The van der Waals surface area contributed by atoms with Gasteiger partial charge in [0.25, 0.3) is 5.91 Å². The van der Waals surface area contributed by atoms with Crippen LogP contribution in [0.4, 0.5) is 5.69 Å². The predicted octanol–water partition coefficient (Wildman–Crippen LogP) is 5.10. The van der Waals surface area contributed by atoms with Crippen molar-refractivity contribution in [1.29, 1.82) is 0 Å². The van der Waals surface area contributed by atoms with Crippen LogP contribution in [-0.2, 0) is 27.1 Å². The molecule has 37 heavy (non-hydrogen) atoms. The van der Waals surface area contributed by atoms with Gasteiger partial charge in [-0.2, -0.15) is 0 Å². The Morgan fingerprint density at radius 3 is 2.32 bits per heavy atom. The van der Waals surface area contributed by atoms with Crippen molar-refractivity contribution < 1.29 is 18.0 Å². The van der Waals surface area contributed by atoms with E-state index in [4.69, 9.17) is 23.2 Å². The van der Waals surface area contributed by atoms with Gasteiger partial charge in [0, 0.05) is 35.2 Å². The van der Waals surface area contributed by atoms with Crippen molar-refractivity contribution >= 4 is 50.7 Å². The Labute approximate surface area is 226 Å². The fraction of sp³-hybridized carbons (Fsp3) is 0.259. The van der Waals surface area contributed by atoms with Gasteiger partial charge in [-0.05, 0) is 42.7 Å². The predicted molar refractivity (Wildman–Crippen MR) is 146 cm³/mol. The van der Waals surface area contributed by atoms with Crippen LogP contribution in [-0.4, -0.2) is 37.6 Å².